The minimum Gasteiger partial charge on any atom is -0.447 e. The predicted molar refractivity (Wildman–Crippen MR) is 72.7 cm³/mol. The first kappa shape index (κ1) is 15.8. The normalized spacial score (nSPS) is 12.8. The fourth-order valence-electron chi connectivity index (χ4n) is 1.56. The van der Waals surface area contributed by atoms with E-state index in [1.54, 1.807) is 30.3 Å². The number of benzene rings is 1. The van der Waals surface area contributed by atoms with E-state index in [0.717, 1.165) is 0 Å². The molecule has 6 nitrogen and oxygen atoms in total. The van der Waals surface area contributed by atoms with Crippen molar-refractivity contribution < 1.29 is 14.3 Å². The van der Waals surface area contributed by atoms with Crippen molar-refractivity contribution in [2.45, 2.75) is 25.5 Å². The first-order chi connectivity index (χ1) is 9.42. The molecular formula is C13H14ClN3O3. The number of hydrogen-bond donors (Lipinski definition) is 2. The Balaban J connectivity index is 2.80. The summed E-state index contributed by atoms with van der Waals surface area (Å²) in [4.78, 5) is 22.6. The van der Waals surface area contributed by atoms with Crippen LogP contribution in [0.2, 0.25) is 5.02 Å². The molecule has 0 bridgehead atoms. The van der Waals surface area contributed by atoms with Gasteiger partial charge in [0.15, 0.2) is 6.10 Å². The van der Waals surface area contributed by atoms with Gasteiger partial charge in [0.25, 0.3) is 0 Å². The van der Waals surface area contributed by atoms with Crippen LogP contribution in [0.4, 0.5) is 4.79 Å². The fourth-order valence-corrected chi connectivity index (χ4v) is 1.68. The van der Waals surface area contributed by atoms with Crippen molar-refractivity contribution in [3.63, 3.8) is 0 Å². The summed E-state index contributed by atoms with van der Waals surface area (Å²) < 4.78 is 4.84. The summed E-state index contributed by atoms with van der Waals surface area (Å²) in [6, 6.07) is 7.00. The molecular weight excluding hydrogens is 282 g/mol. The number of primary amides is 1. The van der Waals surface area contributed by atoms with Gasteiger partial charge in [0, 0.05) is 5.02 Å². The predicted octanol–water partition coefficient (Wildman–Crippen LogP) is 1.89. The van der Waals surface area contributed by atoms with Gasteiger partial charge in [-0.25, -0.2) is 4.79 Å². The molecule has 0 aromatic heterocycles. The molecule has 0 aliphatic rings. The Kier molecular flexibility index (Phi) is 5.81. The number of hydrogen-bond acceptors (Lipinski definition) is 4. The zero-order chi connectivity index (χ0) is 15.1. The summed E-state index contributed by atoms with van der Waals surface area (Å²) in [6.07, 6.45) is -0.974. The lowest BCUT2D eigenvalue weighted by atomic mass is 10.0. The number of nitrogens with zero attached hydrogens (tertiary/aromatic N) is 1. The van der Waals surface area contributed by atoms with E-state index in [2.05, 4.69) is 5.32 Å². The summed E-state index contributed by atoms with van der Waals surface area (Å²) in [6.45, 7) is 1.46. The van der Waals surface area contributed by atoms with Crippen LogP contribution >= 0.6 is 11.6 Å². The third kappa shape index (κ3) is 5.16. The molecule has 0 aliphatic carbocycles. The minimum atomic E-state index is -0.845. The Labute approximate surface area is 121 Å². The summed E-state index contributed by atoms with van der Waals surface area (Å²) in [7, 11) is 0. The standard InChI is InChI=1S/C13H14ClN3O3/c1-8(7-15)20-12(18)6-11(17-13(16)19)9-2-4-10(14)5-3-9/h2-5,8,11H,6H2,1H3,(H3,16,17,19)/t8-,11+/m0/s1. The van der Waals surface area contributed by atoms with Crippen molar-refractivity contribution >= 4 is 23.6 Å². The first-order valence-corrected chi connectivity index (χ1v) is 6.20. The third-order valence-corrected chi connectivity index (χ3v) is 2.70. The van der Waals surface area contributed by atoms with Gasteiger partial charge < -0.3 is 15.8 Å². The van der Waals surface area contributed by atoms with Gasteiger partial charge in [-0.05, 0) is 24.6 Å². The molecule has 0 heterocycles. The number of carbonyl (C=O) groups excluding carboxylic acids is 2. The molecule has 1 aromatic carbocycles. The molecule has 0 fully saturated rings. The van der Waals surface area contributed by atoms with Crippen LogP contribution in [0.1, 0.15) is 24.9 Å². The number of urea groups is 1. The number of rotatable bonds is 5. The molecule has 20 heavy (non-hydrogen) atoms. The zero-order valence-electron chi connectivity index (χ0n) is 10.8. The number of halogens is 1. The van der Waals surface area contributed by atoms with Crippen LogP contribution in [-0.4, -0.2) is 18.1 Å². The number of nitrogens with two attached hydrogens (primary N) is 1. The van der Waals surface area contributed by atoms with E-state index in [0.29, 0.717) is 10.6 Å². The molecule has 0 unspecified atom stereocenters. The van der Waals surface area contributed by atoms with Crippen molar-refractivity contribution in [2.24, 2.45) is 5.73 Å². The maximum Gasteiger partial charge on any atom is 0.312 e. The van der Waals surface area contributed by atoms with Crippen molar-refractivity contribution in [3.8, 4) is 6.07 Å². The largest absolute Gasteiger partial charge is 0.447 e. The molecule has 0 spiro atoms. The number of amides is 2. The lowest BCUT2D eigenvalue weighted by molar-refractivity contribution is -0.146. The van der Waals surface area contributed by atoms with Gasteiger partial charge in [-0.3, -0.25) is 4.79 Å². The second kappa shape index (κ2) is 7.36. The molecule has 1 aromatic rings. The highest BCUT2D eigenvalue weighted by atomic mass is 35.5. The second-order valence-electron chi connectivity index (χ2n) is 4.08. The number of ether oxygens (including phenoxy) is 1. The van der Waals surface area contributed by atoms with Crippen LogP contribution in [0, 0.1) is 11.3 Å². The van der Waals surface area contributed by atoms with E-state index in [9.17, 15) is 9.59 Å². The van der Waals surface area contributed by atoms with Gasteiger partial charge in [0.1, 0.15) is 6.07 Å². The Hall–Kier alpha value is -2.26. The third-order valence-electron chi connectivity index (χ3n) is 2.45. The topological polar surface area (TPSA) is 105 Å². The highest BCUT2D eigenvalue weighted by Crippen LogP contribution is 2.20. The number of esters is 1. The number of nitrogens with one attached hydrogen (secondary N) is 1. The molecule has 106 valence electrons. The van der Waals surface area contributed by atoms with Crippen molar-refractivity contribution in [2.75, 3.05) is 0 Å². The highest BCUT2D eigenvalue weighted by molar-refractivity contribution is 6.30. The van der Waals surface area contributed by atoms with Crippen LogP contribution in [-0.2, 0) is 9.53 Å². The Bertz CT molecular complexity index is 525. The maximum atomic E-state index is 11.7. The number of carbonyl (C=O) groups is 2. The lowest BCUT2D eigenvalue weighted by Gasteiger charge is -2.17. The zero-order valence-corrected chi connectivity index (χ0v) is 11.6. The molecule has 0 aliphatic heterocycles. The summed E-state index contributed by atoms with van der Waals surface area (Å²) in [5.41, 5.74) is 5.74. The van der Waals surface area contributed by atoms with Crippen molar-refractivity contribution in [1.82, 2.24) is 5.32 Å². The molecule has 0 saturated heterocycles. The van der Waals surface area contributed by atoms with E-state index >= 15 is 0 Å². The van der Waals surface area contributed by atoms with Gasteiger partial charge in [-0.2, -0.15) is 5.26 Å². The van der Waals surface area contributed by atoms with Crippen molar-refractivity contribution in [3.05, 3.63) is 34.9 Å². The van der Waals surface area contributed by atoms with Gasteiger partial charge in [0.05, 0.1) is 12.5 Å². The molecule has 2 atom stereocenters. The molecule has 7 heteroatoms. The van der Waals surface area contributed by atoms with E-state index in [1.165, 1.54) is 6.92 Å². The summed E-state index contributed by atoms with van der Waals surface area (Å²) in [5.74, 6) is -0.604. The van der Waals surface area contributed by atoms with Crippen LogP contribution in [0.3, 0.4) is 0 Å². The van der Waals surface area contributed by atoms with Crippen LogP contribution in [0.25, 0.3) is 0 Å². The van der Waals surface area contributed by atoms with Gasteiger partial charge in [-0.15, -0.1) is 0 Å². The first-order valence-electron chi connectivity index (χ1n) is 5.83. The average Bonchev–Trinajstić information content (AvgIpc) is 2.38. The lowest BCUT2D eigenvalue weighted by Crippen LogP contribution is -2.35. The monoisotopic (exact) mass is 295 g/mol. The van der Waals surface area contributed by atoms with Crippen LogP contribution < -0.4 is 11.1 Å². The quantitative estimate of drug-likeness (QED) is 0.809. The van der Waals surface area contributed by atoms with Gasteiger partial charge in [0.2, 0.25) is 0 Å². The van der Waals surface area contributed by atoms with E-state index in [-0.39, 0.29) is 6.42 Å². The summed E-state index contributed by atoms with van der Waals surface area (Å²) >= 11 is 5.78. The van der Waals surface area contributed by atoms with E-state index in [1.807, 2.05) is 0 Å². The smallest absolute Gasteiger partial charge is 0.312 e. The Morgan fingerprint density at radius 3 is 2.55 bits per heavy atom. The van der Waals surface area contributed by atoms with Crippen molar-refractivity contribution in [1.29, 1.82) is 5.26 Å². The average molecular weight is 296 g/mol. The van der Waals surface area contributed by atoms with E-state index in [4.69, 9.17) is 27.3 Å². The van der Waals surface area contributed by atoms with Crippen LogP contribution in [0.5, 0.6) is 0 Å². The molecule has 2 amide bonds. The summed E-state index contributed by atoms with van der Waals surface area (Å²) in [5, 5.41) is 11.6. The van der Waals surface area contributed by atoms with Crippen LogP contribution in [0.15, 0.2) is 24.3 Å². The highest BCUT2D eigenvalue weighted by Gasteiger charge is 2.19. The maximum absolute atomic E-state index is 11.7. The number of nitriles is 1. The van der Waals surface area contributed by atoms with E-state index < -0.39 is 24.1 Å². The molecule has 1 rings (SSSR count). The van der Waals surface area contributed by atoms with Gasteiger partial charge >= 0.3 is 12.0 Å². The Morgan fingerprint density at radius 1 is 1.45 bits per heavy atom. The second-order valence-corrected chi connectivity index (χ2v) is 4.51. The molecule has 0 saturated carbocycles. The minimum absolute atomic E-state index is 0.128. The Morgan fingerprint density at radius 2 is 2.05 bits per heavy atom. The van der Waals surface area contributed by atoms with Gasteiger partial charge in [-0.1, -0.05) is 23.7 Å². The molecule has 3 N–H and O–H groups in total. The fraction of sp³-hybridized carbons (Fsp3) is 0.308. The molecule has 0 radical (unpaired) electrons. The SMILES string of the molecule is C[C@@H](C#N)OC(=O)C[C@@H](NC(N)=O)c1ccc(Cl)cc1.